The number of rotatable bonds is 3. The van der Waals surface area contributed by atoms with Crippen molar-refractivity contribution < 1.29 is 4.79 Å². The summed E-state index contributed by atoms with van der Waals surface area (Å²) in [7, 11) is 0. The van der Waals surface area contributed by atoms with E-state index in [0.717, 1.165) is 44.5 Å². The predicted octanol–water partition coefficient (Wildman–Crippen LogP) is 6.71. The highest BCUT2D eigenvalue weighted by Gasteiger charge is 2.23. The molecule has 146 valence electrons. The van der Waals surface area contributed by atoms with Crippen molar-refractivity contribution in [3.05, 3.63) is 74.9 Å². The number of carbonyl (C=O) groups is 1. The summed E-state index contributed by atoms with van der Waals surface area (Å²) in [6.45, 7) is 0. The third-order valence-corrected chi connectivity index (χ3v) is 7.83. The zero-order valence-electron chi connectivity index (χ0n) is 15.7. The molecule has 1 N–H and O–H groups in total. The van der Waals surface area contributed by atoms with Crippen LogP contribution < -0.4 is 5.32 Å². The van der Waals surface area contributed by atoms with Crippen LogP contribution in [0.3, 0.4) is 0 Å². The predicted molar refractivity (Wildman–Crippen MR) is 121 cm³/mol. The van der Waals surface area contributed by atoms with Crippen LogP contribution >= 0.6 is 34.7 Å². The lowest BCUT2D eigenvalue weighted by Crippen LogP contribution is -2.32. The lowest BCUT2D eigenvalue weighted by Gasteiger charge is -2.12. The van der Waals surface area contributed by atoms with Gasteiger partial charge >= 0.3 is 0 Å². The Bertz CT molecular complexity index is 1120. The maximum absolute atomic E-state index is 12.8. The van der Waals surface area contributed by atoms with Crippen molar-refractivity contribution >= 4 is 52.0 Å². The normalized spacial score (nSPS) is 16.0. The minimum absolute atomic E-state index is 0.0163. The molecule has 1 saturated carbocycles. The molecule has 3 aromatic rings. The average Bonchev–Trinajstić information content (AvgIpc) is 3.36. The molecule has 5 rings (SSSR count). The Balaban J connectivity index is 1.58. The first-order chi connectivity index (χ1) is 14.2. The van der Waals surface area contributed by atoms with E-state index in [9.17, 15) is 4.79 Å². The smallest absolute Gasteiger partial charge is 0.251 e. The molecular formula is C23H19ClN2OS2. The molecule has 0 spiro atoms. The molecule has 0 atom stereocenters. The van der Waals surface area contributed by atoms with Gasteiger partial charge in [0.2, 0.25) is 0 Å². The number of aliphatic imine (C=N–C) groups is 1. The molecule has 0 saturated heterocycles. The molecule has 29 heavy (non-hydrogen) atoms. The Morgan fingerprint density at radius 1 is 1.07 bits per heavy atom. The largest absolute Gasteiger partial charge is 0.349 e. The van der Waals surface area contributed by atoms with E-state index in [4.69, 9.17) is 16.6 Å². The summed E-state index contributed by atoms with van der Waals surface area (Å²) in [4.78, 5) is 20.9. The first-order valence-corrected chi connectivity index (χ1v) is 11.8. The number of hydrogen-bond donors (Lipinski definition) is 1. The average molecular weight is 439 g/mol. The lowest BCUT2D eigenvalue weighted by molar-refractivity contribution is 0.0938. The maximum Gasteiger partial charge on any atom is 0.251 e. The van der Waals surface area contributed by atoms with Crippen LogP contribution in [-0.4, -0.2) is 17.7 Å². The molecule has 0 unspecified atom stereocenters. The molecule has 0 radical (unpaired) electrons. The Hall–Kier alpha value is -2.08. The van der Waals surface area contributed by atoms with Crippen molar-refractivity contribution in [2.45, 2.75) is 41.5 Å². The second-order valence-corrected chi connectivity index (χ2v) is 9.70. The lowest BCUT2D eigenvalue weighted by atomic mass is 10.1. The van der Waals surface area contributed by atoms with Crippen LogP contribution in [0.15, 0.2) is 68.7 Å². The number of nitrogens with one attached hydrogen (secondary N) is 1. The van der Waals surface area contributed by atoms with Gasteiger partial charge in [-0.1, -0.05) is 54.4 Å². The number of fused-ring (bicyclic) bond motifs is 2. The van der Waals surface area contributed by atoms with Crippen molar-refractivity contribution in [1.29, 1.82) is 0 Å². The number of carbonyl (C=O) groups excluding carboxylic acids is 1. The van der Waals surface area contributed by atoms with E-state index in [1.54, 1.807) is 23.1 Å². The summed E-state index contributed by atoms with van der Waals surface area (Å²) in [6, 6.07) is 16.2. The monoisotopic (exact) mass is 438 g/mol. The number of thiophene rings is 1. The summed E-state index contributed by atoms with van der Waals surface area (Å²) >= 11 is 9.72. The summed E-state index contributed by atoms with van der Waals surface area (Å²) < 4.78 is 0. The molecule has 1 aliphatic heterocycles. The summed E-state index contributed by atoms with van der Waals surface area (Å²) in [5.41, 5.74) is 3.39. The minimum atomic E-state index is -0.0163. The van der Waals surface area contributed by atoms with Crippen LogP contribution in [0.2, 0.25) is 5.02 Å². The number of halogens is 1. The van der Waals surface area contributed by atoms with E-state index in [1.807, 2.05) is 41.8 Å². The van der Waals surface area contributed by atoms with Crippen LogP contribution in [0, 0.1) is 0 Å². The van der Waals surface area contributed by atoms with Crippen LogP contribution in [0.4, 0.5) is 5.69 Å². The molecule has 1 fully saturated rings. The third-order valence-electron chi connectivity index (χ3n) is 5.34. The molecule has 1 aliphatic carbocycles. The summed E-state index contributed by atoms with van der Waals surface area (Å²) in [5, 5.41) is 5.85. The van der Waals surface area contributed by atoms with Crippen LogP contribution in [0.25, 0.3) is 0 Å². The van der Waals surface area contributed by atoms with Crippen LogP contribution in [-0.2, 0) is 0 Å². The van der Waals surface area contributed by atoms with Gasteiger partial charge in [0.1, 0.15) is 0 Å². The van der Waals surface area contributed by atoms with Crippen molar-refractivity contribution in [3.8, 4) is 0 Å². The molecule has 2 aromatic carbocycles. The quantitative estimate of drug-likeness (QED) is 0.386. The maximum atomic E-state index is 12.8. The van der Waals surface area contributed by atoms with Gasteiger partial charge in [-0.3, -0.25) is 4.79 Å². The fourth-order valence-electron chi connectivity index (χ4n) is 3.86. The van der Waals surface area contributed by atoms with Gasteiger partial charge in [-0.25, -0.2) is 4.99 Å². The fraction of sp³-hybridized carbons (Fsp3) is 0.217. The van der Waals surface area contributed by atoms with Gasteiger partial charge in [-0.05, 0) is 48.6 Å². The second kappa shape index (κ2) is 7.98. The van der Waals surface area contributed by atoms with Gasteiger partial charge in [-0.15, -0.1) is 11.3 Å². The van der Waals surface area contributed by atoms with Gasteiger partial charge in [-0.2, -0.15) is 0 Å². The first-order valence-electron chi connectivity index (χ1n) is 9.73. The minimum Gasteiger partial charge on any atom is -0.349 e. The molecule has 1 aromatic heterocycles. The number of benzene rings is 2. The summed E-state index contributed by atoms with van der Waals surface area (Å²) in [5.74, 6) is -0.0163. The topological polar surface area (TPSA) is 41.5 Å². The van der Waals surface area contributed by atoms with Crippen molar-refractivity contribution in [2.24, 2.45) is 4.99 Å². The Kier molecular flexibility index (Phi) is 5.20. The van der Waals surface area contributed by atoms with Gasteiger partial charge in [0.05, 0.1) is 21.3 Å². The fourth-order valence-corrected chi connectivity index (χ4v) is 6.01. The Morgan fingerprint density at radius 3 is 2.69 bits per heavy atom. The Morgan fingerprint density at radius 2 is 1.90 bits per heavy atom. The van der Waals surface area contributed by atoms with E-state index in [-0.39, 0.29) is 5.91 Å². The highest BCUT2D eigenvalue weighted by molar-refractivity contribution is 7.99. The molecule has 1 amide bonds. The SMILES string of the molecule is O=C(NC1CCCC1)c1ccc2c(c1)N=C(c1sccc1Cl)c1ccccc1S2. The van der Waals surface area contributed by atoms with Crippen molar-refractivity contribution in [3.63, 3.8) is 0 Å². The van der Waals surface area contributed by atoms with E-state index in [1.165, 1.54) is 12.8 Å². The molecule has 2 heterocycles. The van der Waals surface area contributed by atoms with Crippen LogP contribution in [0.5, 0.6) is 0 Å². The highest BCUT2D eigenvalue weighted by Crippen LogP contribution is 2.42. The number of hydrogen-bond acceptors (Lipinski definition) is 4. The molecule has 3 nitrogen and oxygen atoms in total. The number of nitrogens with zero attached hydrogens (tertiary/aromatic N) is 1. The van der Waals surface area contributed by atoms with E-state index < -0.39 is 0 Å². The molecule has 0 bridgehead atoms. The second-order valence-electron chi connectivity index (χ2n) is 7.29. The van der Waals surface area contributed by atoms with E-state index in [2.05, 4.69) is 17.4 Å². The van der Waals surface area contributed by atoms with E-state index >= 15 is 0 Å². The molecule has 2 aliphatic rings. The highest BCUT2D eigenvalue weighted by atomic mass is 35.5. The first kappa shape index (κ1) is 18.9. The van der Waals surface area contributed by atoms with Gasteiger partial charge in [0.15, 0.2) is 0 Å². The zero-order chi connectivity index (χ0) is 19.8. The van der Waals surface area contributed by atoms with E-state index in [0.29, 0.717) is 16.6 Å². The third kappa shape index (κ3) is 3.75. The Labute approximate surface area is 183 Å². The number of amides is 1. The summed E-state index contributed by atoms with van der Waals surface area (Å²) in [6.07, 6.45) is 4.53. The zero-order valence-corrected chi connectivity index (χ0v) is 18.0. The van der Waals surface area contributed by atoms with Crippen molar-refractivity contribution in [1.82, 2.24) is 5.32 Å². The standard InChI is InChI=1S/C23H19ClN2OS2/c24-17-11-12-28-22(17)21-16-7-3-4-8-19(16)29-20-10-9-14(13-18(20)26-21)23(27)25-15-5-1-2-6-15/h3-4,7-13,15H,1-2,5-6H2,(H,25,27). The van der Waals surface area contributed by atoms with Gasteiger partial charge < -0.3 is 5.32 Å². The van der Waals surface area contributed by atoms with Crippen molar-refractivity contribution in [2.75, 3.05) is 0 Å². The van der Waals surface area contributed by atoms with Gasteiger partial charge in [0.25, 0.3) is 5.91 Å². The molecular weight excluding hydrogens is 420 g/mol. The molecule has 6 heteroatoms. The van der Waals surface area contributed by atoms with Gasteiger partial charge in [0, 0.05) is 27.0 Å². The van der Waals surface area contributed by atoms with Crippen LogP contribution in [0.1, 0.15) is 46.5 Å².